The molecule has 1 atom stereocenters. The maximum Gasteiger partial charge on any atom is 0.248 e. The summed E-state index contributed by atoms with van der Waals surface area (Å²) in [4.78, 5) is 11.8. The Morgan fingerprint density at radius 1 is 1.55 bits per heavy atom. The van der Waals surface area contributed by atoms with E-state index in [0.29, 0.717) is 11.4 Å². The quantitative estimate of drug-likeness (QED) is 0.862. The smallest absolute Gasteiger partial charge is 0.248 e. The van der Waals surface area contributed by atoms with Gasteiger partial charge in [-0.05, 0) is 38.0 Å². The van der Waals surface area contributed by atoms with E-state index in [2.05, 4.69) is 10.4 Å². The molecule has 0 unspecified atom stereocenters. The lowest BCUT2D eigenvalue weighted by molar-refractivity contribution is -0.111. The number of hydrogen-bond acceptors (Lipinski definition) is 4. The lowest BCUT2D eigenvalue weighted by atomic mass is 10.2. The molecule has 1 aliphatic rings. The summed E-state index contributed by atoms with van der Waals surface area (Å²) in [5.74, 6) is 1.25. The Kier molecular flexibility index (Phi) is 4.39. The van der Waals surface area contributed by atoms with Crippen LogP contribution in [0.3, 0.4) is 0 Å². The van der Waals surface area contributed by atoms with E-state index in [-0.39, 0.29) is 12.0 Å². The van der Waals surface area contributed by atoms with Crippen molar-refractivity contribution in [3.8, 4) is 0 Å². The van der Waals surface area contributed by atoms with Crippen LogP contribution in [0.25, 0.3) is 6.08 Å². The lowest BCUT2D eigenvalue weighted by Gasteiger charge is -2.08. The van der Waals surface area contributed by atoms with Crippen molar-refractivity contribution in [1.29, 1.82) is 0 Å². The van der Waals surface area contributed by atoms with Gasteiger partial charge in [-0.25, -0.2) is 0 Å². The molecule has 1 fully saturated rings. The summed E-state index contributed by atoms with van der Waals surface area (Å²) >= 11 is 0. The number of anilines is 1. The van der Waals surface area contributed by atoms with Crippen molar-refractivity contribution >= 4 is 17.7 Å². The number of ether oxygens (including phenoxy) is 1. The van der Waals surface area contributed by atoms with Gasteiger partial charge in [0.2, 0.25) is 5.91 Å². The fourth-order valence-corrected chi connectivity index (χ4v) is 2.41. The van der Waals surface area contributed by atoms with Gasteiger partial charge in [-0.15, -0.1) is 0 Å². The van der Waals surface area contributed by atoms with Crippen molar-refractivity contribution in [2.24, 2.45) is 0 Å². The Morgan fingerprint density at radius 2 is 2.45 bits per heavy atom. The minimum atomic E-state index is -0.217. The van der Waals surface area contributed by atoms with Gasteiger partial charge in [0.1, 0.15) is 11.5 Å². The Balaban J connectivity index is 1.53. The average molecular weight is 301 g/mol. The van der Waals surface area contributed by atoms with Gasteiger partial charge in [-0.2, -0.15) is 5.10 Å². The lowest BCUT2D eigenvalue weighted by Crippen LogP contribution is -2.15. The maximum atomic E-state index is 11.8. The van der Waals surface area contributed by atoms with E-state index in [1.807, 2.05) is 25.3 Å². The van der Waals surface area contributed by atoms with Gasteiger partial charge in [0.25, 0.3) is 0 Å². The molecule has 1 N–H and O–H groups in total. The predicted octanol–water partition coefficient (Wildman–Crippen LogP) is 2.62. The second kappa shape index (κ2) is 6.62. The number of aromatic nitrogens is 2. The molecule has 3 rings (SSSR count). The molecule has 6 nitrogen and oxygen atoms in total. The molecule has 2 aromatic heterocycles. The van der Waals surface area contributed by atoms with Crippen LogP contribution in [0, 0.1) is 6.92 Å². The number of furan rings is 1. The molecule has 1 saturated heterocycles. The molecule has 0 aromatic carbocycles. The summed E-state index contributed by atoms with van der Waals surface area (Å²) < 4.78 is 12.7. The molecule has 22 heavy (non-hydrogen) atoms. The molecule has 2 aromatic rings. The SMILES string of the molecule is Cc1ccc(/C=C\C(=O)Nc2cnn(C[C@H]3CCCO3)c2)o1. The van der Waals surface area contributed by atoms with Crippen molar-refractivity contribution in [3.63, 3.8) is 0 Å². The first-order valence-corrected chi connectivity index (χ1v) is 7.38. The second-order valence-corrected chi connectivity index (χ2v) is 5.36. The molecular formula is C16H19N3O3. The van der Waals surface area contributed by atoms with Crippen LogP contribution in [-0.2, 0) is 16.1 Å². The predicted molar refractivity (Wildman–Crippen MR) is 82.3 cm³/mol. The van der Waals surface area contributed by atoms with E-state index in [0.717, 1.165) is 31.8 Å². The van der Waals surface area contributed by atoms with Gasteiger partial charge in [0, 0.05) is 18.9 Å². The van der Waals surface area contributed by atoms with E-state index < -0.39 is 0 Å². The molecule has 0 aliphatic carbocycles. The Morgan fingerprint density at radius 3 is 3.18 bits per heavy atom. The normalized spacial score (nSPS) is 18.1. The average Bonchev–Trinajstić information content (AvgIpc) is 3.21. The van der Waals surface area contributed by atoms with Crippen LogP contribution < -0.4 is 5.32 Å². The number of rotatable bonds is 5. The van der Waals surface area contributed by atoms with Crippen LogP contribution in [0.1, 0.15) is 24.4 Å². The molecule has 0 spiro atoms. The summed E-state index contributed by atoms with van der Waals surface area (Å²) in [5.41, 5.74) is 0.670. The van der Waals surface area contributed by atoms with Crippen LogP contribution >= 0.6 is 0 Å². The number of aryl methyl sites for hydroxylation is 1. The highest BCUT2D eigenvalue weighted by Gasteiger charge is 2.16. The largest absolute Gasteiger partial charge is 0.462 e. The zero-order valence-electron chi connectivity index (χ0n) is 12.5. The van der Waals surface area contributed by atoms with Gasteiger partial charge in [0.05, 0.1) is 24.5 Å². The fourth-order valence-electron chi connectivity index (χ4n) is 2.41. The third kappa shape index (κ3) is 3.85. The number of amides is 1. The number of hydrogen-bond donors (Lipinski definition) is 1. The van der Waals surface area contributed by atoms with Crippen LogP contribution in [-0.4, -0.2) is 28.4 Å². The number of carbonyl (C=O) groups excluding carboxylic acids is 1. The van der Waals surface area contributed by atoms with Crippen molar-refractivity contribution in [3.05, 3.63) is 42.1 Å². The van der Waals surface area contributed by atoms with E-state index in [1.54, 1.807) is 17.0 Å². The third-order valence-electron chi connectivity index (χ3n) is 3.48. The second-order valence-electron chi connectivity index (χ2n) is 5.36. The summed E-state index contributed by atoms with van der Waals surface area (Å²) in [5, 5.41) is 7.01. The maximum absolute atomic E-state index is 11.8. The van der Waals surface area contributed by atoms with Crippen molar-refractivity contribution in [1.82, 2.24) is 9.78 Å². The van der Waals surface area contributed by atoms with E-state index in [4.69, 9.17) is 9.15 Å². The van der Waals surface area contributed by atoms with Crippen molar-refractivity contribution in [2.45, 2.75) is 32.4 Å². The Labute approximate surface area is 128 Å². The van der Waals surface area contributed by atoms with E-state index >= 15 is 0 Å². The molecule has 0 saturated carbocycles. The monoisotopic (exact) mass is 301 g/mol. The van der Waals surface area contributed by atoms with Gasteiger partial charge in [-0.3, -0.25) is 9.48 Å². The first-order chi connectivity index (χ1) is 10.7. The first kappa shape index (κ1) is 14.6. The highest BCUT2D eigenvalue weighted by molar-refractivity contribution is 6.01. The first-order valence-electron chi connectivity index (χ1n) is 7.38. The van der Waals surface area contributed by atoms with Crippen LogP contribution in [0.4, 0.5) is 5.69 Å². The fraction of sp³-hybridized carbons (Fsp3) is 0.375. The molecule has 1 aliphatic heterocycles. The van der Waals surface area contributed by atoms with Gasteiger partial charge < -0.3 is 14.5 Å². The minimum Gasteiger partial charge on any atom is -0.462 e. The van der Waals surface area contributed by atoms with Gasteiger partial charge in [-0.1, -0.05) is 0 Å². The zero-order chi connectivity index (χ0) is 15.4. The molecule has 6 heteroatoms. The molecule has 3 heterocycles. The molecular weight excluding hydrogens is 282 g/mol. The number of carbonyl (C=O) groups is 1. The Bertz CT molecular complexity index is 666. The molecule has 0 bridgehead atoms. The topological polar surface area (TPSA) is 69.3 Å². The summed E-state index contributed by atoms with van der Waals surface area (Å²) in [6.07, 6.45) is 8.92. The highest BCUT2D eigenvalue weighted by atomic mass is 16.5. The summed E-state index contributed by atoms with van der Waals surface area (Å²) in [6, 6.07) is 3.67. The van der Waals surface area contributed by atoms with Crippen molar-refractivity contribution < 1.29 is 13.9 Å². The Hall–Kier alpha value is -2.34. The van der Waals surface area contributed by atoms with Crippen molar-refractivity contribution in [2.75, 3.05) is 11.9 Å². The minimum absolute atomic E-state index is 0.217. The van der Waals surface area contributed by atoms with Crippen LogP contribution in [0.2, 0.25) is 0 Å². The van der Waals surface area contributed by atoms with E-state index in [9.17, 15) is 4.79 Å². The molecule has 0 radical (unpaired) electrons. The highest BCUT2D eigenvalue weighted by Crippen LogP contribution is 2.15. The summed E-state index contributed by atoms with van der Waals surface area (Å²) in [6.45, 7) is 3.41. The van der Waals surface area contributed by atoms with Gasteiger partial charge >= 0.3 is 0 Å². The number of nitrogens with one attached hydrogen (secondary N) is 1. The van der Waals surface area contributed by atoms with Crippen LogP contribution in [0.15, 0.2) is 35.0 Å². The van der Waals surface area contributed by atoms with Gasteiger partial charge in [0.15, 0.2) is 0 Å². The zero-order valence-corrected chi connectivity index (χ0v) is 12.5. The van der Waals surface area contributed by atoms with Crippen LogP contribution in [0.5, 0.6) is 0 Å². The summed E-state index contributed by atoms with van der Waals surface area (Å²) in [7, 11) is 0. The number of nitrogens with zero attached hydrogens (tertiary/aromatic N) is 2. The third-order valence-corrected chi connectivity index (χ3v) is 3.48. The standard InChI is InChI=1S/C16H19N3O3/c1-12-4-5-14(22-12)6-7-16(20)18-13-9-17-19(10-13)11-15-3-2-8-21-15/h4-7,9-10,15H,2-3,8,11H2,1H3,(H,18,20)/b7-6-/t15-/m1/s1. The molecule has 116 valence electrons. The van der Waals surface area contributed by atoms with E-state index in [1.165, 1.54) is 6.08 Å². The molecule has 1 amide bonds.